The summed E-state index contributed by atoms with van der Waals surface area (Å²) in [6.45, 7) is 3.54. The van der Waals surface area contributed by atoms with E-state index in [9.17, 15) is 0 Å². The van der Waals surface area contributed by atoms with Gasteiger partial charge < -0.3 is 19.9 Å². The second kappa shape index (κ2) is 9.61. The van der Waals surface area contributed by atoms with Crippen LogP contribution in [0.2, 0.25) is 0 Å². The monoisotopic (exact) mass is 281 g/mol. The van der Waals surface area contributed by atoms with Gasteiger partial charge >= 0.3 is 0 Å². The molecule has 0 amide bonds. The molecule has 20 heavy (non-hydrogen) atoms. The summed E-state index contributed by atoms with van der Waals surface area (Å²) in [5.41, 5.74) is 7.16. The Hall–Kier alpha value is -1.26. The van der Waals surface area contributed by atoms with Gasteiger partial charge in [-0.2, -0.15) is 0 Å². The smallest absolute Gasteiger partial charge is 0.161 e. The fourth-order valence-electron chi connectivity index (χ4n) is 1.94. The molecule has 4 nitrogen and oxygen atoms in total. The summed E-state index contributed by atoms with van der Waals surface area (Å²) in [6, 6.07) is 6.23. The van der Waals surface area contributed by atoms with Gasteiger partial charge in [-0.3, -0.25) is 0 Å². The summed E-state index contributed by atoms with van der Waals surface area (Å²) in [7, 11) is 3.38. The van der Waals surface area contributed by atoms with Gasteiger partial charge in [0.05, 0.1) is 13.7 Å². The van der Waals surface area contributed by atoms with E-state index in [2.05, 4.69) is 13.0 Å². The van der Waals surface area contributed by atoms with Crippen LogP contribution in [0.15, 0.2) is 18.2 Å². The van der Waals surface area contributed by atoms with Gasteiger partial charge in [0.15, 0.2) is 11.5 Å². The fourth-order valence-corrected chi connectivity index (χ4v) is 1.94. The van der Waals surface area contributed by atoms with E-state index in [0.717, 1.165) is 43.8 Å². The maximum Gasteiger partial charge on any atom is 0.161 e. The van der Waals surface area contributed by atoms with E-state index in [1.54, 1.807) is 14.2 Å². The van der Waals surface area contributed by atoms with Gasteiger partial charge in [-0.25, -0.2) is 0 Å². The minimum Gasteiger partial charge on any atom is -0.493 e. The number of benzene rings is 1. The first-order valence-corrected chi connectivity index (χ1v) is 7.25. The summed E-state index contributed by atoms with van der Waals surface area (Å²) < 4.78 is 16.1. The highest BCUT2D eigenvalue weighted by atomic mass is 16.5. The van der Waals surface area contributed by atoms with Gasteiger partial charge in [0.2, 0.25) is 0 Å². The lowest BCUT2D eigenvalue weighted by Crippen LogP contribution is -2.21. The summed E-state index contributed by atoms with van der Waals surface area (Å²) in [4.78, 5) is 0. The zero-order chi connectivity index (χ0) is 14.8. The zero-order valence-electron chi connectivity index (χ0n) is 12.9. The first-order valence-electron chi connectivity index (χ1n) is 7.25. The predicted molar refractivity (Wildman–Crippen MR) is 81.6 cm³/mol. The largest absolute Gasteiger partial charge is 0.493 e. The first kappa shape index (κ1) is 16.8. The van der Waals surface area contributed by atoms with Crippen molar-refractivity contribution in [2.75, 3.05) is 27.4 Å². The fraction of sp³-hybridized carbons (Fsp3) is 0.625. The Morgan fingerprint density at radius 2 is 1.85 bits per heavy atom. The van der Waals surface area contributed by atoms with Crippen LogP contribution in [0.1, 0.15) is 31.7 Å². The van der Waals surface area contributed by atoms with E-state index in [0.29, 0.717) is 6.61 Å². The third-order valence-electron chi connectivity index (χ3n) is 3.25. The van der Waals surface area contributed by atoms with Gasteiger partial charge in [0.1, 0.15) is 0 Å². The molecule has 1 unspecified atom stereocenters. The quantitative estimate of drug-likeness (QED) is 0.670. The normalized spacial score (nSPS) is 12.2. The lowest BCUT2D eigenvalue weighted by Gasteiger charge is -2.14. The molecule has 4 heteroatoms. The number of nitrogens with two attached hydrogens (primary N) is 1. The number of hydrogen-bond acceptors (Lipinski definition) is 4. The van der Waals surface area contributed by atoms with Crippen LogP contribution in [0.3, 0.4) is 0 Å². The Balaban J connectivity index is 2.54. The van der Waals surface area contributed by atoms with Gasteiger partial charge in [-0.1, -0.05) is 13.0 Å². The average Bonchev–Trinajstić information content (AvgIpc) is 2.47. The van der Waals surface area contributed by atoms with Crippen molar-refractivity contribution in [1.29, 1.82) is 0 Å². The van der Waals surface area contributed by atoms with Crippen LogP contribution in [-0.2, 0) is 11.2 Å². The number of hydrogen-bond donors (Lipinski definition) is 1. The molecule has 0 aliphatic heterocycles. The predicted octanol–water partition coefficient (Wildman–Crippen LogP) is 2.78. The van der Waals surface area contributed by atoms with Crippen molar-refractivity contribution in [1.82, 2.24) is 0 Å². The maximum absolute atomic E-state index is 5.98. The molecule has 0 radical (unpaired) electrons. The molecule has 114 valence electrons. The van der Waals surface area contributed by atoms with Crippen molar-refractivity contribution in [3.8, 4) is 11.5 Å². The highest BCUT2D eigenvalue weighted by Gasteiger charge is 2.08. The molecule has 1 rings (SSSR count). The highest BCUT2D eigenvalue weighted by Crippen LogP contribution is 2.28. The van der Waals surface area contributed by atoms with Crippen LogP contribution in [0, 0.1) is 0 Å². The van der Waals surface area contributed by atoms with E-state index in [1.807, 2.05) is 12.1 Å². The summed E-state index contributed by atoms with van der Waals surface area (Å²) in [5, 5.41) is 0. The molecular weight excluding hydrogens is 254 g/mol. The third-order valence-corrected chi connectivity index (χ3v) is 3.25. The van der Waals surface area contributed by atoms with Crippen LogP contribution in [0.4, 0.5) is 0 Å². The second-order valence-electron chi connectivity index (χ2n) is 4.91. The molecule has 0 saturated carbocycles. The molecule has 0 saturated heterocycles. The summed E-state index contributed by atoms with van der Waals surface area (Å²) in [5.74, 6) is 1.57. The summed E-state index contributed by atoms with van der Waals surface area (Å²) in [6.07, 6.45) is 3.81. The Morgan fingerprint density at radius 3 is 2.50 bits per heavy atom. The van der Waals surface area contributed by atoms with Crippen LogP contribution >= 0.6 is 0 Å². The molecule has 0 spiro atoms. The Bertz CT molecular complexity index is 382. The Morgan fingerprint density at radius 1 is 1.10 bits per heavy atom. The van der Waals surface area contributed by atoms with Crippen molar-refractivity contribution in [2.45, 2.75) is 38.6 Å². The maximum atomic E-state index is 5.98. The molecule has 0 fully saturated rings. The SMILES string of the molecule is CCC(N)Cc1ccc(OCCCCOC)c(OC)c1. The lowest BCUT2D eigenvalue weighted by atomic mass is 10.0. The highest BCUT2D eigenvalue weighted by molar-refractivity contribution is 5.43. The van der Waals surface area contributed by atoms with Crippen molar-refractivity contribution in [3.63, 3.8) is 0 Å². The molecule has 2 N–H and O–H groups in total. The molecule has 0 aliphatic carbocycles. The molecule has 0 bridgehead atoms. The van der Waals surface area contributed by atoms with Gasteiger partial charge in [-0.05, 0) is 43.4 Å². The molecule has 1 aromatic rings. The van der Waals surface area contributed by atoms with E-state index < -0.39 is 0 Å². The van der Waals surface area contributed by atoms with Gasteiger partial charge in [-0.15, -0.1) is 0 Å². The standard InChI is InChI=1S/C16H27NO3/c1-4-14(17)11-13-7-8-15(16(12-13)19-3)20-10-6-5-9-18-2/h7-8,12,14H,4-6,9-11,17H2,1-3H3. The summed E-state index contributed by atoms with van der Waals surface area (Å²) >= 11 is 0. The minimum atomic E-state index is 0.195. The van der Waals surface area contributed by atoms with Crippen LogP contribution < -0.4 is 15.2 Å². The molecule has 0 aliphatic rings. The molecule has 1 atom stereocenters. The van der Waals surface area contributed by atoms with Gasteiger partial charge in [0.25, 0.3) is 0 Å². The van der Waals surface area contributed by atoms with Crippen molar-refractivity contribution < 1.29 is 14.2 Å². The molecule has 1 aromatic carbocycles. The first-order chi connectivity index (χ1) is 9.71. The van der Waals surface area contributed by atoms with Crippen molar-refractivity contribution in [2.24, 2.45) is 5.73 Å². The number of ether oxygens (including phenoxy) is 3. The number of unbranched alkanes of at least 4 members (excludes halogenated alkanes) is 1. The Kier molecular flexibility index (Phi) is 8.07. The Labute approximate surface area is 122 Å². The van der Waals surface area contributed by atoms with E-state index >= 15 is 0 Å². The lowest BCUT2D eigenvalue weighted by molar-refractivity contribution is 0.183. The third kappa shape index (κ3) is 5.80. The topological polar surface area (TPSA) is 53.7 Å². The van der Waals surface area contributed by atoms with E-state index in [1.165, 1.54) is 5.56 Å². The minimum absolute atomic E-state index is 0.195. The van der Waals surface area contributed by atoms with Crippen LogP contribution in [0.25, 0.3) is 0 Å². The number of rotatable bonds is 10. The van der Waals surface area contributed by atoms with E-state index in [-0.39, 0.29) is 6.04 Å². The van der Waals surface area contributed by atoms with Crippen molar-refractivity contribution >= 4 is 0 Å². The average molecular weight is 281 g/mol. The molecule has 0 aromatic heterocycles. The molecular formula is C16H27NO3. The second-order valence-corrected chi connectivity index (χ2v) is 4.91. The zero-order valence-corrected chi connectivity index (χ0v) is 12.9. The van der Waals surface area contributed by atoms with Crippen LogP contribution in [-0.4, -0.2) is 33.5 Å². The molecule has 0 heterocycles. The van der Waals surface area contributed by atoms with E-state index in [4.69, 9.17) is 19.9 Å². The van der Waals surface area contributed by atoms with Crippen LogP contribution in [0.5, 0.6) is 11.5 Å². The van der Waals surface area contributed by atoms with Crippen molar-refractivity contribution in [3.05, 3.63) is 23.8 Å². The number of methoxy groups -OCH3 is 2. The van der Waals surface area contributed by atoms with Gasteiger partial charge in [0, 0.05) is 19.8 Å².